The van der Waals surface area contributed by atoms with Gasteiger partial charge in [0.15, 0.2) is 5.16 Å². The summed E-state index contributed by atoms with van der Waals surface area (Å²) >= 11 is 5.27. The zero-order valence-electron chi connectivity index (χ0n) is 11.9. The molecule has 110 valence electrons. The molecule has 0 saturated carbocycles. The van der Waals surface area contributed by atoms with E-state index in [-0.39, 0.29) is 5.56 Å². The number of thioether (sulfide) groups is 1. The molecule has 0 saturated heterocycles. The van der Waals surface area contributed by atoms with Crippen LogP contribution in [0.15, 0.2) is 40.3 Å². The summed E-state index contributed by atoms with van der Waals surface area (Å²) in [5.41, 5.74) is 3.17. The Balaban J connectivity index is 2.15. The molecule has 1 atom stereocenters. The Bertz CT molecular complexity index is 699. The number of alkyl halides is 1. The van der Waals surface area contributed by atoms with Crippen LogP contribution in [0.1, 0.15) is 29.8 Å². The highest BCUT2D eigenvalue weighted by atomic mass is 79.9. The normalized spacial score (nSPS) is 17.0. The number of nitrogens with zero attached hydrogens (tertiary/aromatic N) is 2. The number of aromatic nitrogens is 2. The average molecular weight is 365 g/mol. The van der Waals surface area contributed by atoms with Gasteiger partial charge in [0.25, 0.3) is 5.56 Å². The first-order valence-corrected chi connectivity index (χ1v) is 9.22. The first-order chi connectivity index (χ1) is 10.2. The molecule has 0 amide bonds. The minimum Gasteiger partial charge on any atom is -0.319 e. The molecule has 0 spiro atoms. The second-order valence-electron chi connectivity index (χ2n) is 5.13. The monoisotopic (exact) mass is 364 g/mol. The molecule has 3 rings (SSSR count). The second kappa shape index (κ2) is 6.36. The molecule has 1 aliphatic rings. The minimum atomic E-state index is -0.0580. The molecular formula is C16H17BrN2OS. The summed E-state index contributed by atoms with van der Waals surface area (Å²) in [7, 11) is 0. The van der Waals surface area contributed by atoms with Gasteiger partial charge in [-0.3, -0.25) is 4.79 Å². The van der Waals surface area contributed by atoms with Crippen LogP contribution in [-0.4, -0.2) is 20.6 Å². The van der Waals surface area contributed by atoms with Crippen molar-refractivity contribution in [3.63, 3.8) is 0 Å². The van der Waals surface area contributed by atoms with Crippen molar-refractivity contribution in [1.29, 1.82) is 0 Å². The fourth-order valence-corrected chi connectivity index (χ4v) is 4.74. The molecule has 0 fully saturated rings. The summed E-state index contributed by atoms with van der Waals surface area (Å²) in [5, 5.41) is 1.76. The van der Waals surface area contributed by atoms with Gasteiger partial charge in [-0.25, -0.2) is 0 Å². The van der Waals surface area contributed by atoms with E-state index < -0.39 is 0 Å². The molecule has 1 aromatic heterocycles. The lowest BCUT2D eigenvalue weighted by atomic mass is 10.0. The van der Waals surface area contributed by atoms with Gasteiger partial charge in [0, 0.05) is 28.8 Å². The van der Waals surface area contributed by atoms with Crippen LogP contribution in [0, 0.1) is 0 Å². The van der Waals surface area contributed by atoms with Crippen LogP contribution in [0.3, 0.4) is 0 Å². The highest BCUT2D eigenvalue weighted by Gasteiger charge is 2.27. The fourth-order valence-electron chi connectivity index (χ4n) is 2.77. The third-order valence-electron chi connectivity index (χ3n) is 3.82. The van der Waals surface area contributed by atoms with Gasteiger partial charge < -0.3 is 4.57 Å². The van der Waals surface area contributed by atoms with E-state index in [2.05, 4.69) is 37.6 Å². The Morgan fingerprint density at radius 1 is 1.38 bits per heavy atom. The number of fused-ring (bicyclic) bond motifs is 1. The van der Waals surface area contributed by atoms with Crippen molar-refractivity contribution < 1.29 is 0 Å². The summed E-state index contributed by atoms with van der Waals surface area (Å²) in [4.78, 5) is 16.5. The van der Waals surface area contributed by atoms with E-state index >= 15 is 0 Å². The van der Waals surface area contributed by atoms with Gasteiger partial charge in [-0.2, -0.15) is 4.98 Å². The summed E-state index contributed by atoms with van der Waals surface area (Å²) in [6.07, 6.45) is 1.52. The predicted molar refractivity (Wildman–Crippen MR) is 90.7 cm³/mol. The van der Waals surface area contributed by atoms with Gasteiger partial charge in [-0.1, -0.05) is 64.9 Å². The van der Waals surface area contributed by atoms with E-state index in [1.807, 2.05) is 25.1 Å². The van der Waals surface area contributed by atoms with Gasteiger partial charge in [0.05, 0.1) is 6.04 Å². The van der Waals surface area contributed by atoms with E-state index in [1.54, 1.807) is 11.8 Å². The Hall–Kier alpha value is -1.07. The van der Waals surface area contributed by atoms with Gasteiger partial charge in [-0.05, 0) is 12.0 Å². The highest BCUT2D eigenvalue weighted by Crippen LogP contribution is 2.34. The summed E-state index contributed by atoms with van der Waals surface area (Å²) < 4.78 is 2.27. The molecule has 3 nitrogen and oxygen atoms in total. The predicted octanol–water partition coefficient (Wildman–Crippen LogP) is 3.44. The lowest BCUT2D eigenvalue weighted by molar-refractivity contribution is 0.537. The molecule has 1 unspecified atom stereocenters. The smallest absolute Gasteiger partial charge is 0.277 e. The van der Waals surface area contributed by atoms with Crippen LogP contribution in [0.4, 0.5) is 0 Å². The Morgan fingerprint density at radius 2 is 2.14 bits per heavy atom. The van der Waals surface area contributed by atoms with Crippen molar-refractivity contribution in [3.8, 4) is 0 Å². The molecule has 0 N–H and O–H groups in total. The lowest BCUT2D eigenvalue weighted by Crippen LogP contribution is -2.25. The fraction of sp³-hybridized carbons (Fsp3) is 0.375. The van der Waals surface area contributed by atoms with Crippen molar-refractivity contribution in [2.24, 2.45) is 0 Å². The number of hydrogen-bond donors (Lipinski definition) is 0. The third kappa shape index (κ3) is 2.81. The second-order valence-corrected chi connectivity index (χ2v) is 6.76. The number of halogens is 1. The van der Waals surface area contributed by atoms with E-state index in [1.165, 1.54) is 5.56 Å². The Morgan fingerprint density at radius 3 is 2.81 bits per heavy atom. The zero-order chi connectivity index (χ0) is 14.8. The molecule has 0 aliphatic carbocycles. The SMILES string of the molecule is CCc1c(Cc2ccccc2)n2c(nc1=O)SCC2CBr. The maximum atomic E-state index is 12.3. The van der Waals surface area contributed by atoms with Gasteiger partial charge in [0.1, 0.15) is 0 Å². The molecule has 1 aromatic carbocycles. The van der Waals surface area contributed by atoms with Crippen LogP contribution >= 0.6 is 27.7 Å². The Labute approximate surface area is 136 Å². The topological polar surface area (TPSA) is 34.9 Å². The van der Waals surface area contributed by atoms with Gasteiger partial charge >= 0.3 is 0 Å². The molecule has 5 heteroatoms. The average Bonchev–Trinajstić information content (AvgIpc) is 2.91. The van der Waals surface area contributed by atoms with E-state index in [0.29, 0.717) is 6.04 Å². The van der Waals surface area contributed by atoms with Crippen LogP contribution in [0.5, 0.6) is 0 Å². The summed E-state index contributed by atoms with van der Waals surface area (Å²) in [6.45, 7) is 2.03. The first kappa shape index (κ1) is 14.9. The van der Waals surface area contributed by atoms with Crippen LogP contribution in [0.2, 0.25) is 0 Å². The molecule has 21 heavy (non-hydrogen) atoms. The van der Waals surface area contributed by atoms with Gasteiger partial charge in [0.2, 0.25) is 0 Å². The summed E-state index contributed by atoms with van der Waals surface area (Å²) in [5.74, 6) is 0.979. The van der Waals surface area contributed by atoms with Crippen LogP contribution < -0.4 is 5.56 Å². The quantitative estimate of drug-likeness (QED) is 0.615. The molecule has 0 radical (unpaired) electrons. The van der Waals surface area contributed by atoms with Crippen LogP contribution in [0.25, 0.3) is 0 Å². The Kier molecular flexibility index (Phi) is 4.50. The van der Waals surface area contributed by atoms with Crippen molar-refractivity contribution in [2.75, 3.05) is 11.1 Å². The van der Waals surface area contributed by atoms with E-state index in [4.69, 9.17) is 0 Å². The first-order valence-electron chi connectivity index (χ1n) is 7.11. The standard InChI is InChI=1S/C16H17BrN2OS/c1-2-13-14(8-11-6-4-3-5-7-11)19-12(9-17)10-21-16(19)18-15(13)20/h3-7,12H,2,8-10H2,1H3. The van der Waals surface area contributed by atoms with E-state index in [9.17, 15) is 4.79 Å². The van der Waals surface area contributed by atoms with Crippen molar-refractivity contribution in [1.82, 2.24) is 9.55 Å². The van der Waals surface area contributed by atoms with Crippen molar-refractivity contribution >= 4 is 27.7 Å². The zero-order valence-corrected chi connectivity index (χ0v) is 14.3. The minimum absolute atomic E-state index is 0.0580. The van der Waals surface area contributed by atoms with E-state index in [0.717, 1.165) is 40.3 Å². The van der Waals surface area contributed by atoms with Gasteiger partial charge in [-0.15, -0.1) is 0 Å². The maximum absolute atomic E-state index is 12.3. The largest absolute Gasteiger partial charge is 0.319 e. The molecule has 0 bridgehead atoms. The number of benzene rings is 1. The third-order valence-corrected chi connectivity index (χ3v) is 5.66. The number of rotatable bonds is 4. The number of hydrogen-bond acceptors (Lipinski definition) is 3. The highest BCUT2D eigenvalue weighted by molar-refractivity contribution is 9.09. The lowest BCUT2D eigenvalue weighted by Gasteiger charge is -2.19. The van der Waals surface area contributed by atoms with Crippen LogP contribution in [-0.2, 0) is 12.8 Å². The molecular weight excluding hydrogens is 348 g/mol. The maximum Gasteiger partial charge on any atom is 0.277 e. The van der Waals surface area contributed by atoms with Crippen molar-refractivity contribution in [3.05, 3.63) is 57.5 Å². The van der Waals surface area contributed by atoms with Crippen molar-refractivity contribution in [2.45, 2.75) is 31.0 Å². The summed E-state index contributed by atoms with van der Waals surface area (Å²) in [6, 6.07) is 10.7. The molecule has 1 aliphatic heterocycles. The molecule has 2 heterocycles. The molecule has 2 aromatic rings.